The van der Waals surface area contributed by atoms with E-state index in [2.05, 4.69) is 5.32 Å². The molecule has 0 radical (unpaired) electrons. The number of hydrogen-bond acceptors (Lipinski definition) is 3. The smallest absolute Gasteiger partial charge is 0.307 e. The van der Waals surface area contributed by atoms with Gasteiger partial charge in [0.1, 0.15) is 5.75 Å². The summed E-state index contributed by atoms with van der Waals surface area (Å²) in [7, 11) is 1.62. The fraction of sp³-hybridized carbons (Fsp3) is 0.500. The molecule has 2 rings (SSSR count). The number of halogens is 1. The quantitative estimate of drug-likeness (QED) is 0.895. The third-order valence-corrected chi connectivity index (χ3v) is 4.21. The maximum Gasteiger partial charge on any atom is 0.307 e. The zero-order valence-corrected chi connectivity index (χ0v) is 12.0. The molecule has 19 heavy (non-hydrogen) atoms. The van der Waals surface area contributed by atoms with E-state index in [0.717, 1.165) is 22.4 Å². The highest BCUT2D eigenvalue weighted by molar-refractivity contribution is 6.31. The van der Waals surface area contributed by atoms with E-state index in [1.807, 2.05) is 19.9 Å². The Bertz CT molecular complexity index is 516. The largest absolute Gasteiger partial charge is 0.496 e. The van der Waals surface area contributed by atoms with Gasteiger partial charge in [0.15, 0.2) is 0 Å². The first kappa shape index (κ1) is 14.2. The van der Waals surface area contributed by atoms with Crippen molar-refractivity contribution in [1.29, 1.82) is 0 Å². The summed E-state index contributed by atoms with van der Waals surface area (Å²) in [4.78, 5) is 11.0. The molecule has 1 aromatic rings. The minimum absolute atomic E-state index is 0.0214. The second-order valence-corrected chi connectivity index (χ2v) is 5.37. The van der Waals surface area contributed by atoms with Crippen LogP contribution in [0.2, 0.25) is 5.02 Å². The SMILES string of the molecule is COc1c(C)c(Cl)cc(C2CC(C(=O)O)CN2)c1C. The molecule has 0 spiro atoms. The molecule has 104 valence electrons. The fourth-order valence-electron chi connectivity index (χ4n) is 2.70. The summed E-state index contributed by atoms with van der Waals surface area (Å²) in [5.74, 6) is -0.309. The first-order chi connectivity index (χ1) is 8.95. The first-order valence-electron chi connectivity index (χ1n) is 6.25. The topological polar surface area (TPSA) is 58.6 Å². The van der Waals surface area contributed by atoms with Crippen molar-refractivity contribution in [3.8, 4) is 5.75 Å². The van der Waals surface area contributed by atoms with Crippen molar-refractivity contribution >= 4 is 17.6 Å². The molecular formula is C14H18ClNO3. The van der Waals surface area contributed by atoms with E-state index < -0.39 is 5.97 Å². The number of rotatable bonds is 3. The first-order valence-corrected chi connectivity index (χ1v) is 6.63. The van der Waals surface area contributed by atoms with Gasteiger partial charge in [0.25, 0.3) is 0 Å². The number of benzene rings is 1. The maximum atomic E-state index is 11.0. The number of carbonyl (C=O) groups is 1. The molecule has 2 N–H and O–H groups in total. The van der Waals surface area contributed by atoms with Crippen LogP contribution in [0.4, 0.5) is 0 Å². The van der Waals surface area contributed by atoms with Crippen LogP contribution in [0.5, 0.6) is 5.75 Å². The molecule has 4 nitrogen and oxygen atoms in total. The van der Waals surface area contributed by atoms with Crippen molar-refractivity contribution in [3.05, 3.63) is 27.8 Å². The van der Waals surface area contributed by atoms with Crippen molar-refractivity contribution in [2.75, 3.05) is 13.7 Å². The highest BCUT2D eigenvalue weighted by Crippen LogP contribution is 2.38. The van der Waals surface area contributed by atoms with Crippen molar-refractivity contribution in [2.45, 2.75) is 26.3 Å². The van der Waals surface area contributed by atoms with Gasteiger partial charge >= 0.3 is 5.97 Å². The lowest BCUT2D eigenvalue weighted by Gasteiger charge is -2.19. The van der Waals surface area contributed by atoms with Crippen LogP contribution < -0.4 is 10.1 Å². The number of hydrogen-bond donors (Lipinski definition) is 2. The van der Waals surface area contributed by atoms with Crippen LogP contribution in [0.25, 0.3) is 0 Å². The van der Waals surface area contributed by atoms with Crippen molar-refractivity contribution in [1.82, 2.24) is 5.32 Å². The maximum absolute atomic E-state index is 11.0. The van der Waals surface area contributed by atoms with E-state index in [1.165, 1.54) is 0 Å². The molecule has 0 bridgehead atoms. The predicted octanol–water partition coefficient (Wildman–Crippen LogP) is 2.70. The molecule has 1 heterocycles. The number of aliphatic carboxylic acids is 1. The lowest BCUT2D eigenvalue weighted by molar-refractivity contribution is -0.141. The molecule has 0 aromatic heterocycles. The van der Waals surface area contributed by atoms with Gasteiger partial charge in [0.05, 0.1) is 13.0 Å². The number of carboxylic acid groups (broad SMARTS) is 1. The van der Waals surface area contributed by atoms with Crippen molar-refractivity contribution in [2.24, 2.45) is 5.92 Å². The van der Waals surface area contributed by atoms with Crippen LogP contribution >= 0.6 is 11.6 Å². The Labute approximate surface area is 117 Å². The lowest BCUT2D eigenvalue weighted by atomic mass is 9.94. The zero-order valence-electron chi connectivity index (χ0n) is 11.3. The fourth-order valence-corrected chi connectivity index (χ4v) is 2.91. The summed E-state index contributed by atoms with van der Waals surface area (Å²) >= 11 is 6.22. The van der Waals surface area contributed by atoms with Crippen LogP contribution in [-0.4, -0.2) is 24.7 Å². The summed E-state index contributed by atoms with van der Waals surface area (Å²) in [6.45, 7) is 4.39. The van der Waals surface area contributed by atoms with E-state index in [0.29, 0.717) is 18.0 Å². The third-order valence-electron chi connectivity index (χ3n) is 3.81. The van der Waals surface area contributed by atoms with Crippen LogP contribution in [0.1, 0.15) is 29.2 Å². The van der Waals surface area contributed by atoms with E-state index in [9.17, 15) is 4.79 Å². The summed E-state index contributed by atoms with van der Waals surface area (Å²) in [6.07, 6.45) is 0.582. The molecule has 1 saturated heterocycles. The van der Waals surface area contributed by atoms with Crippen molar-refractivity contribution in [3.63, 3.8) is 0 Å². The highest BCUT2D eigenvalue weighted by atomic mass is 35.5. The Balaban J connectivity index is 2.36. The van der Waals surface area contributed by atoms with Crippen LogP contribution in [0.15, 0.2) is 6.07 Å². The second-order valence-electron chi connectivity index (χ2n) is 4.96. The van der Waals surface area contributed by atoms with Crippen LogP contribution in [-0.2, 0) is 4.79 Å². The summed E-state index contributed by atoms with van der Waals surface area (Å²) < 4.78 is 5.40. The Hall–Kier alpha value is -1.26. The average molecular weight is 284 g/mol. The van der Waals surface area contributed by atoms with Gasteiger partial charge < -0.3 is 15.2 Å². The highest BCUT2D eigenvalue weighted by Gasteiger charge is 2.31. The Kier molecular flexibility index (Phi) is 4.02. The predicted molar refractivity (Wildman–Crippen MR) is 74.0 cm³/mol. The molecule has 1 aromatic carbocycles. The Morgan fingerprint density at radius 2 is 2.16 bits per heavy atom. The molecule has 5 heteroatoms. The molecular weight excluding hydrogens is 266 g/mol. The lowest BCUT2D eigenvalue weighted by Crippen LogP contribution is -2.17. The normalized spacial score (nSPS) is 22.5. The molecule has 2 atom stereocenters. The van der Waals surface area contributed by atoms with Gasteiger partial charge in [-0.25, -0.2) is 0 Å². The van der Waals surface area contributed by atoms with Gasteiger partial charge in [-0.15, -0.1) is 0 Å². The van der Waals surface area contributed by atoms with Gasteiger partial charge in [-0.1, -0.05) is 11.6 Å². The molecule has 1 fully saturated rings. The van der Waals surface area contributed by atoms with E-state index in [-0.39, 0.29) is 12.0 Å². The van der Waals surface area contributed by atoms with Gasteiger partial charge in [-0.3, -0.25) is 4.79 Å². The average Bonchev–Trinajstić information content (AvgIpc) is 2.84. The summed E-state index contributed by atoms with van der Waals surface area (Å²) in [5, 5.41) is 13.0. The van der Waals surface area contributed by atoms with E-state index >= 15 is 0 Å². The number of carboxylic acids is 1. The molecule has 0 saturated carbocycles. The number of nitrogens with one attached hydrogen (secondary N) is 1. The minimum Gasteiger partial charge on any atom is -0.496 e. The van der Waals surface area contributed by atoms with Crippen LogP contribution in [0, 0.1) is 19.8 Å². The van der Waals surface area contributed by atoms with Gasteiger partial charge in [-0.05, 0) is 37.5 Å². The number of methoxy groups -OCH3 is 1. The summed E-state index contributed by atoms with van der Waals surface area (Å²) in [5.41, 5.74) is 2.96. The Morgan fingerprint density at radius 3 is 2.68 bits per heavy atom. The van der Waals surface area contributed by atoms with Gasteiger partial charge in [0.2, 0.25) is 0 Å². The van der Waals surface area contributed by atoms with Gasteiger partial charge in [0, 0.05) is 23.2 Å². The minimum atomic E-state index is -0.752. The molecule has 1 aliphatic rings. The van der Waals surface area contributed by atoms with Crippen LogP contribution in [0.3, 0.4) is 0 Å². The zero-order chi connectivity index (χ0) is 14.2. The second kappa shape index (κ2) is 5.39. The van der Waals surface area contributed by atoms with E-state index in [1.54, 1.807) is 7.11 Å². The molecule has 2 unspecified atom stereocenters. The van der Waals surface area contributed by atoms with Gasteiger partial charge in [-0.2, -0.15) is 0 Å². The molecule has 1 aliphatic heterocycles. The molecule has 0 aliphatic carbocycles. The number of ether oxygens (including phenoxy) is 1. The Morgan fingerprint density at radius 1 is 1.47 bits per heavy atom. The molecule has 0 amide bonds. The van der Waals surface area contributed by atoms with Crippen molar-refractivity contribution < 1.29 is 14.6 Å². The monoisotopic (exact) mass is 283 g/mol. The van der Waals surface area contributed by atoms with E-state index in [4.69, 9.17) is 21.4 Å². The summed E-state index contributed by atoms with van der Waals surface area (Å²) in [6, 6.07) is 1.93. The standard InChI is InChI=1S/C14H18ClNO3/c1-7-10(5-11(15)8(2)13(7)19-3)12-4-9(6-16-12)14(17)18/h5,9,12,16H,4,6H2,1-3H3,(H,17,18). The third kappa shape index (κ3) is 2.55.